The summed E-state index contributed by atoms with van der Waals surface area (Å²) in [6, 6.07) is 11.5. The lowest BCUT2D eigenvalue weighted by Gasteiger charge is -2.11. The fraction of sp³-hybridized carbons (Fsp3) is 0.261. The third-order valence-corrected chi connectivity index (χ3v) is 5.00. The molecule has 2 aromatic carbocycles. The van der Waals surface area contributed by atoms with E-state index in [9.17, 15) is 14.9 Å². The Labute approximate surface area is 200 Å². The van der Waals surface area contributed by atoms with Gasteiger partial charge in [-0.1, -0.05) is 31.0 Å². The highest BCUT2D eigenvalue weighted by molar-refractivity contribution is 9.10. The van der Waals surface area contributed by atoms with Gasteiger partial charge in [0.25, 0.3) is 5.91 Å². The van der Waals surface area contributed by atoms with Gasteiger partial charge in [-0.05, 0) is 64.3 Å². The normalized spacial score (nSPS) is 10.8. The number of carbonyl (C=O) groups excluding carboxylic acids is 2. The van der Waals surface area contributed by atoms with Crippen LogP contribution in [0.15, 0.2) is 46.4 Å². The Balaban J connectivity index is 2.06. The topological polar surface area (TPSA) is 97.7 Å². The second-order valence-electron chi connectivity index (χ2n) is 6.53. The highest BCUT2D eigenvalue weighted by atomic mass is 79.9. The Kier molecular flexibility index (Phi) is 10.1. The molecule has 2 aromatic rings. The van der Waals surface area contributed by atoms with Crippen molar-refractivity contribution in [1.29, 1.82) is 5.26 Å². The van der Waals surface area contributed by atoms with Crippen LogP contribution in [-0.4, -0.2) is 32.1 Å². The van der Waals surface area contributed by atoms with Gasteiger partial charge in [-0.2, -0.15) is 5.26 Å². The molecule has 0 aliphatic heterocycles. The van der Waals surface area contributed by atoms with Crippen LogP contribution in [0.2, 0.25) is 5.02 Å². The van der Waals surface area contributed by atoms with E-state index in [2.05, 4.69) is 21.2 Å². The Bertz CT molecular complexity index is 1050. The molecule has 0 saturated carbocycles. The van der Waals surface area contributed by atoms with Gasteiger partial charge in [0.1, 0.15) is 17.4 Å². The summed E-state index contributed by atoms with van der Waals surface area (Å²) in [6.07, 6.45) is 3.21. The highest BCUT2D eigenvalue weighted by Crippen LogP contribution is 2.30. The van der Waals surface area contributed by atoms with Crippen molar-refractivity contribution in [3.8, 4) is 23.3 Å². The lowest BCUT2D eigenvalue weighted by molar-refractivity contribution is -0.136. The van der Waals surface area contributed by atoms with E-state index < -0.39 is 11.9 Å². The van der Waals surface area contributed by atoms with Gasteiger partial charge >= 0.3 is 5.97 Å². The Morgan fingerprint density at radius 1 is 1.19 bits per heavy atom. The molecular formula is C23H22BrClN2O5. The van der Waals surface area contributed by atoms with Gasteiger partial charge in [0, 0.05) is 11.6 Å². The molecule has 0 aliphatic rings. The molecule has 168 valence electrons. The summed E-state index contributed by atoms with van der Waals surface area (Å²) in [5.74, 6) is -0.190. The molecular weight excluding hydrogens is 500 g/mol. The number of hydrogen-bond acceptors (Lipinski definition) is 6. The Morgan fingerprint density at radius 3 is 2.59 bits per heavy atom. The number of esters is 1. The van der Waals surface area contributed by atoms with Gasteiger partial charge in [-0.15, -0.1) is 0 Å². The van der Waals surface area contributed by atoms with E-state index in [0.717, 1.165) is 12.8 Å². The molecule has 0 radical (unpaired) electrons. The summed E-state index contributed by atoms with van der Waals surface area (Å²) in [4.78, 5) is 24.3. The van der Waals surface area contributed by atoms with Crippen LogP contribution in [0.5, 0.6) is 17.2 Å². The minimum atomic E-state index is -0.638. The second-order valence-corrected chi connectivity index (χ2v) is 7.82. The molecule has 0 unspecified atom stereocenters. The molecule has 1 amide bonds. The van der Waals surface area contributed by atoms with Crippen LogP contribution < -0.4 is 19.5 Å². The first kappa shape index (κ1) is 25.2. The maximum Gasteiger partial charge on any atom is 0.349 e. The lowest BCUT2D eigenvalue weighted by Crippen LogP contribution is -2.25. The third kappa shape index (κ3) is 7.59. The molecule has 0 spiro atoms. The number of unbranched alkanes of at least 4 members (excludes halogenated alkanes) is 1. The van der Waals surface area contributed by atoms with Crippen LogP contribution in [0, 0.1) is 11.3 Å². The minimum absolute atomic E-state index is 0.0326. The molecule has 32 heavy (non-hydrogen) atoms. The first-order valence-corrected chi connectivity index (χ1v) is 10.9. The van der Waals surface area contributed by atoms with Crippen molar-refractivity contribution in [1.82, 2.24) is 5.32 Å². The standard InChI is InChI=1S/C23H22BrClN2O5/c1-3-4-9-27-23(29)16(13-26)10-15-5-7-20(21(11-15)30-2)32-22(28)14-31-19-8-6-17(25)12-18(19)24/h5-8,10-12H,3-4,9,14H2,1-2H3,(H,27,29)/b16-10+. The van der Waals surface area contributed by atoms with Crippen molar-refractivity contribution in [2.75, 3.05) is 20.3 Å². The van der Waals surface area contributed by atoms with Crippen LogP contribution in [0.1, 0.15) is 25.3 Å². The number of halogens is 2. The Morgan fingerprint density at radius 2 is 1.94 bits per heavy atom. The molecule has 0 atom stereocenters. The fourth-order valence-corrected chi connectivity index (χ4v) is 3.33. The van der Waals surface area contributed by atoms with Crippen LogP contribution in [0.3, 0.4) is 0 Å². The number of methoxy groups -OCH3 is 1. The number of ether oxygens (including phenoxy) is 3. The molecule has 1 N–H and O–H groups in total. The number of nitrogens with one attached hydrogen (secondary N) is 1. The molecule has 0 fully saturated rings. The van der Waals surface area contributed by atoms with Crippen molar-refractivity contribution in [2.45, 2.75) is 19.8 Å². The van der Waals surface area contributed by atoms with Crippen molar-refractivity contribution in [3.63, 3.8) is 0 Å². The van der Waals surface area contributed by atoms with Crippen LogP contribution >= 0.6 is 27.5 Å². The molecule has 0 aliphatic carbocycles. The number of benzene rings is 2. The van der Waals surface area contributed by atoms with Crippen molar-refractivity contribution in [2.24, 2.45) is 0 Å². The predicted octanol–water partition coefficient (Wildman–Crippen LogP) is 4.92. The number of carbonyl (C=O) groups is 2. The monoisotopic (exact) mass is 520 g/mol. The minimum Gasteiger partial charge on any atom is -0.493 e. The van der Waals surface area contributed by atoms with E-state index in [4.69, 9.17) is 25.8 Å². The lowest BCUT2D eigenvalue weighted by atomic mass is 10.1. The number of rotatable bonds is 10. The summed E-state index contributed by atoms with van der Waals surface area (Å²) in [5, 5.41) is 12.5. The van der Waals surface area contributed by atoms with Gasteiger partial charge in [0.05, 0.1) is 11.6 Å². The zero-order valence-corrected chi connectivity index (χ0v) is 20.0. The first-order chi connectivity index (χ1) is 15.4. The molecule has 0 bridgehead atoms. The molecule has 0 saturated heterocycles. The molecule has 0 aromatic heterocycles. The maximum absolute atomic E-state index is 12.2. The molecule has 2 rings (SSSR count). The number of nitrogens with zero attached hydrogens (tertiary/aromatic N) is 1. The maximum atomic E-state index is 12.2. The largest absolute Gasteiger partial charge is 0.493 e. The number of nitriles is 1. The first-order valence-electron chi connectivity index (χ1n) is 9.74. The molecule has 9 heteroatoms. The van der Waals surface area contributed by atoms with Gasteiger partial charge in [0.15, 0.2) is 18.1 Å². The quantitative estimate of drug-likeness (QED) is 0.157. The van der Waals surface area contributed by atoms with Gasteiger partial charge in [-0.25, -0.2) is 4.79 Å². The fourth-order valence-electron chi connectivity index (χ4n) is 2.53. The van der Waals surface area contributed by atoms with E-state index in [1.807, 2.05) is 13.0 Å². The molecule has 0 heterocycles. The van der Waals surface area contributed by atoms with E-state index in [1.54, 1.807) is 30.3 Å². The van der Waals surface area contributed by atoms with Gasteiger partial charge < -0.3 is 19.5 Å². The summed E-state index contributed by atoms with van der Waals surface area (Å²) in [7, 11) is 1.42. The van der Waals surface area contributed by atoms with Crippen molar-refractivity contribution < 1.29 is 23.8 Å². The van der Waals surface area contributed by atoms with Gasteiger partial charge in [0.2, 0.25) is 0 Å². The summed E-state index contributed by atoms with van der Waals surface area (Å²) in [5.41, 5.74) is 0.514. The number of amides is 1. The van der Waals surface area contributed by atoms with Crippen LogP contribution in [0.25, 0.3) is 6.08 Å². The van der Waals surface area contributed by atoms with Crippen LogP contribution in [-0.2, 0) is 9.59 Å². The van der Waals surface area contributed by atoms with E-state index in [1.165, 1.54) is 19.3 Å². The van der Waals surface area contributed by atoms with E-state index >= 15 is 0 Å². The summed E-state index contributed by atoms with van der Waals surface area (Å²) >= 11 is 9.19. The second kappa shape index (κ2) is 12.7. The zero-order valence-electron chi connectivity index (χ0n) is 17.6. The third-order valence-electron chi connectivity index (χ3n) is 4.14. The van der Waals surface area contributed by atoms with Gasteiger partial charge in [-0.3, -0.25) is 4.79 Å². The van der Waals surface area contributed by atoms with E-state index in [-0.39, 0.29) is 23.7 Å². The smallest absolute Gasteiger partial charge is 0.349 e. The van der Waals surface area contributed by atoms with E-state index in [0.29, 0.717) is 27.4 Å². The average Bonchev–Trinajstić information content (AvgIpc) is 2.77. The number of hydrogen-bond donors (Lipinski definition) is 1. The predicted molar refractivity (Wildman–Crippen MR) is 125 cm³/mol. The summed E-state index contributed by atoms with van der Waals surface area (Å²) < 4.78 is 16.7. The SMILES string of the molecule is CCCCNC(=O)/C(C#N)=C/c1ccc(OC(=O)COc2ccc(Cl)cc2Br)c(OC)c1. The average molecular weight is 522 g/mol. The highest BCUT2D eigenvalue weighted by Gasteiger charge is 2.14. The van der Waals surface area contributed by atoms with Crippen LogP contribution in [0.4, 0.5) is 0 Å². The Hall–Kier alpha value is -3.02. The molecule has 7 nitrogen and oxygen atoms in total. The zero-order chi connectivity index (χ0) is 23.5. The summed E-state index contributed by atoms with van der Waals surface area (Å²) in [6.45, 7) is 2.18. The van der Waals surface area contributed by atoms with Crippen molar-refractivity contribution in [3.05, 3.63) is 57.0 Å². The van der Waals surface area contributed by atoms with Crippen molar-refractivity contribution >= 4 is 45.5 Å².